The molecule has 19 heavy (non-hydrogen) atoms. The minimum Gasteiger partial charge on any atom is -0.347 e. The number of nitrogens with one attached hydrogen (secondary N) is 2. The number of rotatable bonds is 6. The van der Waals surface area contributed by atoms with Crippen LogP contribution >= 0.6 is 27.7 Å². The fourth-order valence-corrected chi connectivity index (χ4v) is 2.05. The van der Waals surface area contributed by atoms with Crippen molar-refractivity contribution >= 4 is 45.2 Å². The van der Waals surface area contributed by atoms with Crippen LogP contribution in [0.4, 0.5) is 5.69 Å². The summed E-state index contributed by atoms with van der Waals surface area (Å²) in [5.41, 5.74) is 0.694. The van der Waals surface area contributed by atoms with Gasteiger partial charge < -0.3 is 10.6 Å². The maximum Gasteiger partial charge on any atom is 0.243 e. The Morgan fingerprint density at radius 2 is 2.00 bits per heavy atom. The molecule has 104 valence electrons. The Morgan fingerprint density at radius 1 is 1.32 bits per heavy atom. The van der Waals surface area contributed by atoms with Crippen molar-refractivity contribution in [3.05, 3.63) is 28.7 Å². The van der Waals surface area contributed by atoms with Crippen LogP contribution in [0.5, 0.6) is 0 Å². The van der Waals surface area contributed by atoms with Gasteiger partial charge in [0.1, 0.15) is 0 Å². The molecule has 0 unspecified atom stereocenters. The van der Waals surface area contributed by atoms with Gasteiger partial charge in [-0.05, 0) is 34.3 Å². The Balaban J connectivity index is 2.36. The van der Waals surface area contributed by atoms with Crippen molar-refractivity contribution in [1.29, 1.82) is 0 Å². The van der Waals surface area contributed by atoms with Crippen LogP contribution in [0.2, 0.25) is 0 Å². The smallest absolute Gasteiger partial charge is 0.243 e. The van der Waals surface area contributed by atoms with E-state index < -0.39 is 0 Å². The maximum absolute atomic E-state index is 11.7. The van der Waals surface area contributed by atoms with Crippen LogP contribution < -0.4 is 10.6 Å². The molecule has 4 nitrogen and oxygen atoms in total. The van der Waals surface area contributed by atoms with Gasteiger partial charge in [-0.2, -0.15) is 11.8 Å². The molecule has 0 aromatic heterocycles. The van der Waals surface area contributed by atoms with Gasteiger partial charge >= 0.3 is 0 Å². The molecule has 2 N–H and O–H groups in total. The lowest BCUT2D eigenvalue weighted by Gasteiger charge is -2.10. The first-order valence-corrected chi connectivity index (χ1v) is 7.95. The van der Waals surface area contributed by atoms with E-state index >= 15 is 0 Å². The number of para-hydroxylation sites is 1. The summed E-state index contributed by atoms with van der Waals surface area (Å²) in [6.45, 7) is 1.96. The maximum atomic E-state index is 11.7. The summed E-state index contributed by atoms with van der Waals surface area (Å²) in [6.07, 6.45) is 2.38. The quantitative estimate of drug-likeness (QED) is 0.833. The van der Waals surface area contributed by atoms with Crippen molar-refractivity contribution in [2.24, 2.45) is 0 Å². The van der Waals surface area contributed by atoms with Gasteiger partial charge in [0.2, 0.25) is 11.8 Å². The van der Waals surface area contributed by atoms with Crippen LogP contribution in [0.3, 0.4) is 0 Å². The number of carbonyl (C=O) groups excluding carboxylic acids is 2. The second-order valence-electron chi connectivity index (χ2n) is 4.06. The summed E-state index contributed by atoms with van der Waals surface area (Å²) in [5.74, 6) is -0.346. The molecule has 1 aromatic rings. The molecule has 0 radical (unpaired) electrons. The van der Waals surface area contributed by atoms with Crippen molar-refractivity contribution in [2.45, 2.75) is 18.6 Å². The zero-order valence-electron chi connectivity index (χ0n) is 10.9. The minimum atomic E-state index is -0.239. The van der Waals surface area contributed by atoms with Crippen LogP contribution in [-0.4, -0.2) is 29.9 Å². The van der Waals surface area contributed by atoms with Crippen molar-refractivity contribution in [1.82, 2.24) is 5.32 Å². The number of halogens is 1. The molecule has 1 rings (SSSR count). The molecule has 0 aliphatic rings. The first kappa shape index (κ1) is 16.0. The molecule has 0 spiro atoms. The minimum absolute atomic E-state index is 0.0126. The van der Waals surface area contributed by atoms with E-state index in [1.54, 1.807) is 17.8 Å². The lowest BCUT2D eigenvalue weighted by atomic mass is 10.3. The van der Waals surface area contributed by atoms with E-state index in [0.717, 1.165) is 4.47 Å². The number of amides is 2. The molecule has 6 heteroatoms. The lowest BCUT2D eigenvalue weighted by Crippen LogP contribution is -2.33. The highest BCUT2D eigenvalue weighted by Gasteiger charge is 2.10. The van der Waals surface area contributed by atoms with E-state index in [1.165, 1.54) is 0 Å². The number of benzene rings is 1. The molecule has 0 bridgehead atoms. The van der Waals surface area contributed by atoms with Gasteiger partial charge in [0, 0.05) is 16.1 Å². The zero-order valence-corrected chi connectivity index (χ0v) is 13.3. The van der Waals surface area contributed by atoms with E-state index in [0.29, 0.717) is 12.1 Å². The summed E-state index contributed by atoms with van der Waals surface area (Å²) in [6, 6.07) is 7.33. The standard InChI is InChI=1S/C13H17BrN2O2S/c1-9(19-2)7-12(17)15-8-13(18)16-11-6-4-3-5-10(11)14/h3-6,9H,7-8H2,1-2H3,(H,15,17)(H,16,18)/t9-/m0/s1. The number of hydrogen-bond acceptors (Lipinski definition) is 3. The molecule has 0 saturated heterocycles. The molecular weight excluding hydrogens is 328 g/mol. The fraction of sp³-hybridized carbons (Fsp3) is 0.385. The van der Waals surface area contributed by atoms with E-state index in [1.807, 2.05) is 31.4 Å². The summed E-state index contributed by atoms with van der Waals surface area (Å²) in [4.78, 5) is 23.2. The molecule has 2 amide bonds. The second-order valence-corrected chi connectivity index (χ2v) is 6.19. The number of thioether (sulfide) groups is 1. The van der Waals surface area contributed by atoms with E-state index in [-0.39, 0.29) is 23.6 Å². The second kappa shape index (κ2) is 8.22. The third-order valence-corrected chi connectivity index (χ3v) is 4.13. The van der Waals surface area contributed by atoms with Crippen LogP contribution in [0.25, 0.3) is 0 Å². The third-order valence-electron chi connectivity index (χ3n) is 2.47. The Labute approximate surface area is 125 Å². The zero-order chi connectivity index (χ0) is 14.3. The molecule has 1 atom stereocenters. The summed E-state index contributed by atoms with van der Waals surface area (Å²) < 4.78 is 0.811. The Hall–Kier alpha value is -1.01. The molecule has 1 aromatic carbocycles. The summed E-state index contributed by atoms with van der Waals surface area (Å²) in [5, 5.41) is 5.59. The van der Waals surface area contributed by atoms with Crippen LogP contribution in [-0.2, 0) is 9.59 Å². The van der Waals surface area contributed by atoms with Gasteiger partial charge in [-0.3, -0.25) is 9.59 Å². The van der Waals surface area contributed by atoms with Gasteiger partial charge in [0.15, 0.2) is 0 Å². The molecule has 0 fully saturated rings. The third kappa shape index (κ3) is 6.11. The SMILES string of the molecule is CS[C@@H](C)CC(=O)NCC(=O)Nc1ccccc1Br. The first-order valence-electron chi connectivity index (χ1n) is 5.86. The largest absolute Gasteiger partial charge is 0.347 e. The van der Waals surface area contributed by atoms with Crippen molar-refractivity contribution in [2.75, 3.05) is 18.1 Å². The lowest BCUT2D eigenvalue weighted by molar-refractivity contribution is -0.124. The van der Waals surface area contributed by atoms with Gasteiger partial charge in [0.05, 0.1) is 12.2 Å². The van der Waals surface area contributed by atoms with E-state index in [9.17, 15) is 9.59 Å². The predicted octanol–water partition coefficient (Wildman–Crippen LogP) is 2.65. The highest BCUT2D eigenvalue weighted by atomic mass is 79.9. The Bertz CT molecular complexity index is 454. The van der Waals surface area contributed by atoms with Crippen LogP contribution in [0, 0.1) is 0 Å². The van der Waals surface area contributed by atoms with Crippen LogP contribution in [0.1, 0.15) is 13.3 Å². The highest BCUT2D eigenvalue weighted by molar-refractivity contribution is 9.10. The molecule has 0 aliphatic heterocycles. The number of hydrogen-bond donors (Lipinski definition) is 2. The van der Waals surface area contributed by atoms with Gasteiger partial charge in [-0.15, -0.1) is 0 Å². The van der Waals surface area contributed by atoms with Crippen molar-refractivity contribution in [3.8, 4) is 0 Å². The molecular formula is C13H17BrN2O2S. The van der Waals surface area contributed by atoms with E-state index in [2.05, 4.69) is 26.6 Å². The molecule has 0 saturated carbocycles. The van der Waals surface area contributed by atoms with Gasteiger partial charge in [-0.1, -0.05) is 19.1 Å². The summed E-state index contributed by atoms with van der Waals surface area (Å²) >= 11 is 4.97. The van der Waals surface area contributed by atoms with E-state index in [4.69, 9.17) is 0 Å². The number of carbonyl (C=O) groups is 2. The topological polar surface area (TPSA) is 58.2 Å². The van der Waals surface area contributed by atoms with Crippen LogP contribution in [0.15, 0.2) is 28.7 Å². The Kier molecular flexibility index (Phi) is 6.94. The van der Waals surface area contributed by atoms with Gasteiger partial charge in [-0.25, -0.2) is 0 Å². The molecule has 0 aliphatic carbocycles. The Morgan fingerprint density at radius 3 is 2.63 bits per heavy atom. The normalized spacial score (nSPS) is 11.7. The average Bonchev–Trinajstić information content (AvgIpc) is 2.39. The fourth-order valence-electron chi connectivity index (χ4n) is 1.35. The average molecular weight is 345 g/mol. The summed E-state index contributed by atoms with van der Waals surface area (Å²) in [7, 11) is 0. The predicted molar refractivity (Wildman–Crippen MR) is 83.4 cm³/mol. The monoisotopic (exact) mass is 344 g/mol. The molecule has 0 heterocycles. The first-order chi connectivity index (χ1) is 9.02. The highest BCUT2D eigenvalue weighted by Crippen LogP contribution is 2.20. The van der Waals surface area contributed by atoms with Gasteiger partial charge in [0.25, 0.3) is 0 Å². The van der Waals surface area contributed by atoms with Crippen molar-refractivity contribution < 1.29 is 9.59 Å². The van der Waals surface area contributed by atoms with Crippen molar-refractivity contribution in [3.63, 3.8) is 0 Å². The number of anilines is 1.